The zero-order valence-electron chi connectivity index (χ0n) is 8.46. The van der Waals surface area contributed by atoms with E-state index in [1.807, 2.05) is 0 Å². The first-order valence-electron chi connectivity index (χ1n) is 5.26. The number of aliphatic hydroxyl groups excluding tert-OH is 1. The smallest absolute Gasteiger partial charge is 0.222 e. The molecule has 4 heteroatoms. The molecule has 0 saturated heterocycles. The normalized spacial score (nSPS) is 19.6. The molecule has 82 valence electrons. The Morgan fingerprint density at radius 1 is 1.36 bits per heavy atom. The molecular formula is C10H19NO3. The van der Waals surface area contributed by atoms with Crippen molar-refractivity contribution in [3.05, 3.63) is 0 Å². The summed E-state index contributed by atoms with van der Waals surface area (Å²) in [4.78, 5) is 11.3. The van der Waals surface area contributed by atoms with Crippen LogP contribution in [0.2, 0.25) is 0 Å². The fourth-order valence-corrected chi connectivity index (χ4v) is 1.88. The van der Waals surface area contributed by atoms with Crippen LogP contribution in [0.5, 0.6) is 0 Å². The summed E-state index contributed by atoms with van der Waals surface area (Å²) in [5.74, 6) is -0.108. The van der Waals surface area contributed by atoms with Gasteiger partial charge in [0.1, 0.15) is 0 Å². The molecule has 1 saturated carbocycles. The van der Waals surface area contributed by atoms with Crippen LogP contribution in [0.3, 0.4) is 0 Å². The lowest BCUT2D eigenvalue weighted by atomic mass is 9.98. The number of carbonyl (C=O) groups is 1. The zero-order chi connectivity index (χ0) is 10.4. The summed E-state index contributed by atoms with van der Waals surface area (Å²) in [6, 6.07) is 0. The molecule has 1 amide bonds. The van der Waals surface area contributed by atoms with Gasteiger partial charge < -0.3 is 15.5 Å². The highest BCUT2D eigenvalue weighted by atomic mass is 16.3. The van der Waals surface area contributed by atoms with Crippen LogP contribution in [0.4, 0.5) is 0 Å². The number of aliphatic hydroxyl groups is 2. The van der Waals surface area contributed by atoms with Crippen LogP contribution < -0.4 is 5.32 Å². The van der Waals surface area contributed by atoms with E-state index in [2.05, 4.69) is 5.32 Å². The third-order valence-corrected chi connectivity index (χ3v) is 2.68. The lowest BCUT2D eigenvalue weighted by Crippen LogP contribution is -2.35. The Hall–Kier alpha value is -0.610. The van der Waals surface area contributed by atoms with E-state index in [-0.39, 0.29) is 18.9 Å². The summed E-state index contributed by atoms with van der Waals surface area (Å²) in [6.45, 7) is 0.579. The SMILES string of the molecule is O=C(CC1(O)CCCC1)NCCCO. The molecule has 3 N–H and O–H groups in total. The molecule has 0 unspecified atom stereocenters. The third-order valence-electron chi connectivity index (χ3n) is 2.68. The van der Waals surface area contributed by atoms with Gasteiger partial charge in [-0.25, -0.2) is 0 Å². The largest absolute Gasteiger partial charge is 0.396 e. The van der Waals surface area contributed by atoms with E-state index in [0.29, 0.717) is 13.0 Å². The molecule has 0 aromatic carbocycles. The summed E-state index contributed by atoms with van der Waals surface area (Å²) in [6.07, 6.45) is 4.28. The average Bonchev–Trinajstić information content (AvgIpc) is 2.52. The van der Waals surface area contributed by atoms with Gasteiger partial charge in [0.25, 0.3) is 0 Å². The summed E-state index contributed by atoms with van der Waals surface area (Å²) >= 11 is 0. The second-order valence-electron chi connectivity index (χ2n) is 4.04. The van der Waals surface area contributed by atoms with Crippen LogP contribution in [0.25, 0.3) is 0 Å². The molecule has 0 aromatic rings. The lowest BCUT2D eigenvalue weighted by Gasteiger charge is -2.20. The van der Waals surface area contributed by atoms with Gasteiger partial charge in [0, 0.05) is 13.2 Å². The molecule has 1 aliphatic rings. The van der Waals surface area contributed by atoms with Crippen LogP contribution in [0, 0.1) is 0 Å². The molecule has 1 rings (SSSR count). The van der Waals surface area contributed by atoms with Crippen molar-refractivity contribution in [1.29, 1.82) is 0 Å². The molecule has 0 aromatic heterocycles. The monoisotopic (exact) mass is 201 g/mol. The van der Waals surface area contributed by atoms with E-state index in [1.165, 1.54) is 0 Å². The summed E-state index contributed by atoms with van der Waals surface area (Å²) in [5.41, 5.74) is -0.761. The van der Waals surface area contributed by atoms with Gasteiger partial charge in [0.05, 0.1) is 12.0 Å². The predicted molar refractivity (Wildman–Crippen MR) is 52.7 cm³/mol. The maximum absolute atomic E-state index is 11.3. The second-order valence-corrected chi connectivity index (χ2v) is 4.04. The Kier molecular flexibility index (Phi) is 4.35. The standard InChI is InChI=1S/C10H19NO3/c12-7-3-6-11-9(13)8-10(14)4-1-2-5-10/h12,14H,1-8H2,(H,11,13). The number of carbonyl (C=O) groups excluding carboxylic acids is 1. The first-order chi connectivity index (χ1) is 6.66. The maximum atomic E-state index is 11.3. The van der Waals surface area contributed by atoms with Gasteiger partial charge in [-0.05, 0) is 19.3 Å². The molecule has 14 heavy (non-hydrogen) atoms. The van der Waals surface area contributed by atoms with Crippen LogP contribution in [0.1, 0.15) is 38.5 Å². The molecule has 0 atom stereocenters. The van der Waals surface area contributed by atoms with Crippen molar-refractivity contribution >= 4 is 5.91 Å². The predicted octanol–water partition coefficient (Wildman–Crippen LogP) is 0.180. The number of hydrogen-bond acceptors (Lipinski definition) is 3. The Bertz CT molecular complexity index is 188. The first kappa shape index (κ1) is 11.5. The van der Waals surface area contributed by atoms with Gasteiger partial charge >= 0.3 is 0 Å². The fraction of sp³-hybridized carbons (Fsp3) is 0.900. The van der Waals surface area contributed by atoms with Crippen LogP contribution in [0.15, 0.2) is 0 Å². The van der Waals surface area contributed by atoms with Gasteiger partial charge in [-0.3, -0.25) is 4.79 Å². The molecule has 4 nitrogen and oxygen atoms in total. The maximum Gasteiger partial charge on any atom is 0.222 e. The number of nitrogens with one attached hydrogen (secondary N) is 1. The van der Waals surface area contributed by atoms with Gasteiger partial charge in [0.15, 0.2) is 0 Å². The van der Waals surface area contributed by atoms with Gasteiger partial charge in [-0.2, -0.15) is 0 Å². The van der Waals surface area contributed by atoms with Crippen molar-refractivity contribution in [3.63, 3.8) is 0 Å². The third kappa shape index (κ3) is 3.64. The van der Waals surface area contributed by atoms with Crippen molar-refractivity contribution in [1.82, 2.24) is 5.32 Å². The molecule has 0 bridgehead atoms. The van der Waals surface area contributed by atoms with Gasteiger partial charge in [0.2, 0.25) is 5.91 Å². The van der Waals surface area contributed by atoms with E-state index in [4.69, 9.17) is 5.11 Å². The number of amides is 1. The molecule has 1 aliphatic carbocycles. The minimum Gasteiger partial charge on any atom is -0.396 e. The van der Waals surface area contributed by atoms with Crippen LogP contribution in [-0.4, -0.2) is 34.9 Å². The molecular weight excluding hydrogens is 182 g/mol. The summed E-state index contributed by atoms with van der Waals surface area (Å²) in [5, 5.41) is 21.1. The van der Waals surface area contributed by atoms with E-state index < -0.39 is 5.60 Å². The van der Waals surface area contributed by atoms with Crippen molar-refractivity contribution in [2.45, 2.75) is 44.1 Å². The molecule has 0 aliphatic heterocycles. The highest BCUT2D eigenvalue weighted by Gasteiger charge is 2.33. The zero-order valence-corrected chi connectivity index (χ0v) is 8.46. The van der Waals surface area contributed by atoms with Crippen LogP contribution >= 0.6 is 0 Å². The Balaban J connectivity index is 2.19. The van der Waals surface area contributed by atoms with Crippen molar-refractivity contribution < 1.29 is 15.0 Å². The fourth-order valence-electron chi connectivity index (χ4n) is 1.88. The average molecular weight is 201 g/mol. The summed E-state index contributed by atoms with van der Waals surface area (Å²) in [7, 11) is 0. The number of hydrogen-bond donors (Lipinski definition) is 3. The van der Waals surface area contributed by atoms with Gasteiger partial charge in [-0.15, -0.1) is 0 Å². The topological polar surface area (TPSA) is 69.6 Å². The Labute approximate surface area is 84.3 Å². The van der Waals surface area contributed by atoms with E-state index in [9.17, 15) is 9.90 Å². The molecule has 0 heterocycles. The van der Waals surface area contributed by atoms with E-state index in [1.54, 1.807) is 0 Å². The molecule has 0 radical (unpaired) electrons. The highest BCUT2D eigenvalue weighted by molar-refractivity contribution is 5.77. The lowest BCUT2D eigenvalue weighted by molar-refractivity contribution is -0.125. The van der Waals surface area contributed by atoms with E-state index >= 15 is 0 Å². The quantitative estimate of drug-likeness (QED) is 0.556. The minimum atomic E-state index is -0.761. The van der Waals surface area contributed by atoms with Crippen molar-refractivity contribution in [2.75, 3.05) is 13.2 Å². The highest BCUT2D eigenvalue weighted by Crippen LogP contribution is 2.31. The summed E-state index contributed by atoms with van der Waals surface area (Å²) < 4.78 is 0. The van der Waals surface area contributed by atoms with Crippen molar-refractivity contribution in [3.8, 4) is 0 Å². The molecule has 1 fully saturated rings. The van der Waals surface area contributed by atoms with E-state index in [0.717, 1.165) is 25.7 Å². The van der Waals surface area contributed by atoms with Crippen LogP contribution in [-0.2, 0) is 4.79 Å². The Morgan fingerprint density at radius 3 is 2.57 bits per heavy atom. The van der Waals surface area contributed by atoms with Gasteiger partial charge in [-0.1, -0.05) is 12.8 Å². The molecule has 0 spiro atoms. The number of rotatable bonds is 5. The second kappa shape index (κ2) is 5.32. The first-order valence-corrected chi connectivity index (χ1v) is 5.26. The van der Waals surface area contributed by atoms with Crippen molar-refractivity contribution in [2.24, 2.45) is 0 Å². The Morgan fingerprint density at radius 2 is 2.00 bits per heavy atom. The minimum absolute atomic E-state index is 0.0878.